The third-order valence-electron chi connectivity index (χ3n) is 3.58. The van der Waals surface area contributed by atoms with Gasteiger partial charge in [0.2, 0.25) is 12.7 Å². The average molecular weight is 275 g/mol. The van der Waals surface area contributed by atoms with Crippen molar-refractivity contribution in [1.82, 2.24) is 4.90 Å². The van der Waals surface area contributed by atoms with Crippen molar-refractivity contribution in [2.24, 2.45) is 0 Å². The van der Waals surface area contributed by atoms with Gasteiger partial charge in [-0.05, 0) is 37.1 Å². The average Bonchev–Trinajstić information content (AvgIpc) is 3.01. The first-order chi connectivity index (χ1) is 9.53. The van der Waals surface area contributed by atoms with Gasteiger partial charge < -0.3 is 19.5 Å². The molecule has 0 radical (unpaired) electrons. The van der Waals surface area contributed by atoms with Crippen molar-refractivity contribution in [1.29, 1.82) is 0 Å². The summed E-state index contributed by atoms with van der Waals surface area (Å²) in [7, 11) is 0. The number of carbonyl (C=O) groups is 1. The van der Waals surface area contributed by atoms with Gasteiger partial charge in [-0.25, -0.2) is 0 Å². The van der Waals surface area contributed by atoms with Crippen LogP contribution in [-0.4, -0.2) is 41.4 Å². The lowest BCUT2D eigenvalue weighted by molar-refractivity contribution is -0.125. The Labute approximate surface area is 117 Å². The van der Waals surface area contributed by atoms with E-state index in [0.29, 0.717) is 25.3 Å². The Balaban J connectivity index is 1.67. The lowest BCUT2D eigenvalue weighted by Crippen LogP contribution is -2.32. The number of aliphatic hydroxyl groups is 1. The molecule has 0 saturated carbocycles. The maximum Gasteiger partial charge on any atom is 0.246 e. The highest BCUT2D eigenvalue weighted by molar-refractivity contribution is 5.92. The Morgan fingerprint density at radius 2 is 2.20 bits per heavy atom. The summed E-state index contributed by atoms with van der Waals surface area (Å²) in [5.74, 6) is 1.34. The molecule has 0 aliphatic carbocycles. The van der Waals surface area contributed by atoms with E-state index in [1.165, 1.54) is 6.08 Å². The molecular weight excluding hydrogens is 258 g/mol. The van der Waals surface area contributed by atoms with E-state index in [1.54, 1.807) is 17.9 Å². The molecule has 5 nitrogen and oxygen atoms in total. The summed E-state index contributed by atoms with van der Waals surface area (Å²) in [6, 6.07) is 5.54. The highest BCUT2D eigenvalue weighted by Crippen LogP contribution is 2.32. The number of hydrogen-bond donors (Lipinski definition) is 1. The second-order valence-corrected chi connectivity index (χ2v) is 5.45. The fraction of sp³-hybridized carbons (Fsp3) is 0.400. The zero-order valence-electron chi connectivity index (χ0n) is 11.3. The largest absolute Gasteiger partial charge is 0.454 e. The number of amides is 1. The maximum atomic E-state index is 12.0. The van der Waals surface area contributed by atoms with Crippen LogP contribution in [0.2, 0.25) is 0 Å². The summed E-state index contributed by atoms with van der Waals surface area (Å²) in [4.78, 5) is 13.7. The topological polar surface area (TPSA) is 59.0 Å². The second-order valence-electron chi connectivity index (χ2n) is 5.45. The number of carbonyl (C=O) groups excluding carboxylic acids is 1. The molecule has 1 amide bonds. The number of benzene rings is 1. The van der Waals surface area contributed by atoms with Crippen LogP contribution in [0.15, 0.2) is 24.3 Å². The molecule has 1 N–H and O–H groups in total. The van der Waals surface area contributed by atoms with Crippen molar-refractivity contribution in [2.45, 2.75) is 18.9 Å². The molecule has 2 aliphatic rings. The molecule has 0 spiro atoms. The first kappa shape index (κ1) is 13.0. The first-order valence-corrected chi connectivity index (χ1v) is 6.63. The Kier molecular flexibility index (Phi) is 3.14. The zero-order valence-corrected chi connectivity index (χ0v) is 11.3. The molecule has 1 fully saturated rings. The Morgan fingerprint density at radius 3 is 2.95 bits per heavy atom. The van der Waals surface area contributed by atoms with E-state index >= 15 is 0 Å². The summed E-state index contributed by atoms with van der Waals surface area (Å²) in [5, 5.41) is 9.86. The van der Waals surface area contributed by atoms with Crippen LogP contribution >= 0.6 is 0 Å². The van der Waals surface area contributed by atoms with Crippen molar-refractivity contribution in [3.05, 3.63) is 29.8 Å². The van der Waals surface area contributed by atoms with Crippen LogP contribution in [0.4, 0.5) is 0 Å². The van der Waals surface area contributed by atoms with Gasteiger partial charge in [-0.1, -0.05) is 6.07 Å². The van der Waals surface area contributed by atoms with Crippen LogP contribution in [-0.2, 0) is 4.79 Å². The number of likely N-dealkylation sites (tertiary alicyclic amines) is 1. The smallest absolute Gasteiger partial charge is 0.246 e. The fourth-order valence-electron chi connectivity index (χ4n) is 2.42. The van der Waals surface area contributed by atoms with E-state index < -0.39 is 5.60 Å². The molecule has 3 rings (SSSR count). The van der Waals surface area contributed by atoms with E-state index in [0.717, 1.165) is 11.3 Å². The quantitative estimate of drug-likeness (QED) is 0.829. The van der Waals surface area contributed by atoms with Crippen molar-refractivity contribution in [3.63, 3.8) is 0 Å². The first-order valence-electron chi connectivity index (χ1n) is 6.63. The van der Waals surface area contributed by atoms with E-state index in [-0.39, 0.29) is 12.7 Å². The molecule has 2 heterocycles. The van der Waals surface area contributed by atoms with Gasteiger partial charge in [0.25, 0.3) is 0 Å². The van der Waals surface area contributed by atoms with Gasteiger partial charge in [0.15, 0.2) is 11.5 Å². The lowest BCUT2D eigenvalue weighted by atomic mass is 10.1. The summed E-state index contributed by atoms with van der Waals surface area (Å²) >= 11 is 0. The molecule has 1 saturated heterocycles. The minimum Gasteiger partial charge on any atom is -0.454 e. The second kappa shape index (κ2) is 4.83. The highest BCUT2D eigenvalue weighted by atomic mass is 16.7. The number of fused-ring (bicyclic) bond motifs is 1. The number of nitrogens with zero attached hydrogens (tertiary/aromatic N) is 1. The Hall–Kier alpha value is -2.01. The number of hydrogen-bond acceptors (Lipinski definition) is 4. The predicted molar refractivity (Wildman–Crippen MR) is 73.4 cm³/mol. The Morgan fingerprint density at radius 1 is 1.40 bits per heavy atom. The highest BCUT2D eigenvalue weighted by Gasteiger charge is 2.32. The van der Waals surface area contributed by atoms with Gasteiger partial charge in [0, 0.05) is 19.2 Å². The van der Waals surface area contributed by atoms with Crippen molar-refractivity contribution in [3.8, 4) is 11.5 Å². The molecule has 1 aromatic carbocycles. The zero-order chi connectivity index (χ0) is 14.2. The number of rotatable bonds is 2. The fourth-order valence-corrected chi connectivity index (χ4v) is 2.42. The van der Waals surface area contributed by atoms with Crippen LogP contribution in [0.3, 0.4) is 0 Å². The summed E-state index contributed by atoms with van der Waals surface area (Å²) < 4.78 is 10.5. The Bertz CT molecular complexity index is 565. The normalized spacial score (nSPS) is 24.6. The molecule has 0 aromatic heterocycles. The van der Waals surface area contributed by atoms with Gasteiger partial charge in [-0.2, -0.15) is 0 Å². The summed E-state index contributed by atoms with van der Waals surface area (Å²) in [6.45, 7) is 2.97. The molecule has 2 aliphatic heterocycles. The molecular formula is C15H17NO4. The minimum absolute atomic E-state index is 0.0829. The third kappa shape index (κ3) is 2.63. The molecule has 1 aromatic rings. The van der Waals surface area contributed by atoms with Crippen molar-refractivity contribution < 1.29 is 19.4 Å². The van der Waals surface area contributed by atoms with Crippen LogP contribution in [0, 0.1) is 0 Å². The van der Waals surface area contributed by atoms with Crippen LogP contribution < -0.4 is 9.47 Å². The molecule has 1 atom stereocenters. The molecule has 0 bridgehead atoms. The molecule has 106 valence electrons. The van der Waals surface area contributed by atoms with Gasteiger partial charge >= 0.3 is 0 Å². The van der Waals surface area contributed by atoms with E-state index in [2.05, 4.69) is 0 Å². The van der Waals surface area contributed by atoms with Gasteiger partial charge in [0.05, 0.1) is 5.60 Å². The van der Waals surface area contributed by atoms with Crippen molar-refractivity contribution in [2.75, 3.05) is 19.9 Å². The monoisotopic (exact) mass is 275 g/mol. The van der Waals surface area contributed by atoms with Gasteiger partial charge in [-0.15, -0.1) is 0 Å². The maximum absolute atomic E-state index is 12.0. The lowest BCUT2D eigenvalue weighted by Gasteiger charge is -2.17. The number of β-amino-alcohol motifs (C(OH)–C–C–N with tert-alkyl or cyclic N) is 1. The van der Waals surface area contributed by atoms with Crippen LogP contribution in [0.1, 0.15) is 18.9 Å². The predicted octanol–water partition coefficient (Wildman–Crippen LogP) is 1.41. The van der Waals surface area contributed by atoms with Gasteiger partial charge in [0.1, 0.15) is 0 Å². The standard InChI is InChI=1S/C15H17NO4/c1-15(18)6-7-16(9-15)14(17)5-3-11-2-4-12-13(8-11)20-10-19-12/h2-5,8,18H,6-7,9-10H2,1H3/b5-3+. The van der Waals surface area contributed by atoms with E-state index in [4.69, 9.17) is 9.47 Å². The van der Waals surface area contributed by atoms with E-state index in [9.17, 15) is 9.90 Å². The minimum atomic E-state index is -0.762. The van der Waals surface area contributed by atoms with Crippen LogP contribution in [0.5, 0.6) is 11.5 Å². The number of ether oxygens (including phenoxy) is 2. The summed E-state index contributed by atoms with van der Waals surface area (Å²) in [6.07, 6.45) is 3.90. The van der Waals surface area contributed by atoms with Gasteiger partial charge in [-0.3, -0.25) is 4.79 Å². The molecule has 1 unspecified atom stereocenters. The third-order valence-corrected chi connectivity index (χ3v) is 3.58. The van der Waals surface area contributed by atoms with E-state index in [1.807, 2.05) is 18.2 Å². The SMILES string of the molecule is CC1(O)CCN(C(=O)/C=C/c2ccc3c(c2)OCO3)C1. The van der Waals surface area contributed by atoms with Crippen LogP contribution in [0.25, 0.3) is 6.08 Å². The molecule has 5 heteroatoms. The van der Waals surface area contributed by atoms with Crippen molar-refractivity contribution >= 4 is 12.0 Å². The molecule has 20 heavy (non-hydrogen) atoms. The summed E-state index contributed by atoms with van der Waals surface area (Å²) in [5.41, 5.74) is 0.121.